The third kappa shape index (κ3) is 4.21. The molecule has 0 aromatic heterocycles. The quantitative estimate of drug-likeness (QED) is 0.535. The highest BCUT2D eigenvalue weighted by Crippen LogP contribution is 2.43. The largest absolute Gasteiger partial charge is 0.497 e. The van der Waals surface area contributed by atoms with Crippen molar-refractivity contribution in [1.29, 1.82) is 0 Å². The molecule has 1 atom stereocenters. The molecule has 1 unspecified atom stereocenters. The van der Waals surface area contributed by atoms with Crippen LogP contribution in [0, 0.1) is 0 Å². The van der Waals surface area contributed by atoms with Gasteiger partial charge >= 0.3 is 6.61 Å². The predicted octanol–water partition coefficient (Wildman–Crippen LogP) is 5.08. The summed E-state index contributed by atoms with van der Waals surface area (Å²) in [4.78, 5) is 15.2. The number of para-hydroxylation sites is 1. The van der Waals surface area contributed by atoms with E-state index in [1.807, 2.05) is 6.07 Å². The third-order valence-corrected chi connectivity index (χ3v) is 5.29. The first kappa shape index (κ1) is 22.2. The minimum atomic E-state index is -2.99. The van der Waals surface area contributed by atoms with Crippen LogP contribution in [0.3, 0.4) is 0 Å². The fraction of sp³-hybridized carbons (Fsp3) is 0.208. The van der Waals surface area contributed by atoms with E-state index in [1.165, 1.54) is 27.4 Å². The molecule has 1 amide bonds. The minimum absolute atomic E-state index is 0.104. The Morgan fingerprint density at radius 2 is 1.64 bits per heavy atom. The van der Waals surface area contributed by atoms with Gasteiger partial charge in [0, 0.05) is 11.8 Å². The molecule has 3 aromatic rings. The average Bonchev–Trinajstić information content (AvgIpc) is 2.83. The van der Waals surface area contributed by atoms with Crippen LogP contribution in [0.2, 0.25) is 0 Å². The number of hydrogen-bond donors (Lipinski definition) is 1. The maximum Gasteiger partial charge on any atom is 0.387 e. The minimum Gasteiger partial charge on any atom is -0.497 e. The van der Waals surface area contributed by atoms with Crippen LogP contribution in [0.1, 0.15) is 22.1 Å². The Morgan fingerprint density at radius 3 is 2.33 bits per heavy atom. The lowest BCUT2D eigenvalue weighted by atomic mass is 10.0. The highest BCUT2D eigenvalue weighted by molar-refractivity contribution is 6.12. The van der Waals surface area contributed by atoms with Crippen LogP contribution in [-0.4, -0.2) is 33.8 Å². The van der Waals surface area contributed by atoms with Gasteiger partial charge in [0.15, 0.2) is 11.5 Å². The molecule has 0 saturated heterocycles. The van der Waals surface area contributed by atoms with Crippen molar-refractivity contribution in [3.05, 3.63) is 71.8 Å². The lowest BCUT2D eigenvalue weighted by Gasteiger charge is -2.38. The number of carbonyl (C=O) groups is 1. The van der Waals surface area contributed by atoms with Gasteiger partial charge in [0.2, 0.25) is 0 Å². The number of nitrogens with zero attached hydrogens (tertiary/aromatic N) is 1. The second kappa shape index (κ2) is 9.23. The summed E-state index contributed by atoms with van der Waals surface area (Å²) in [5.41, 5.74) is 2.22. The van der Waals surface area contributed by atoms with Crippen molar-refractivity contribution in [2.45, 2.75) is 12.8 Å². The number of benzene rings is 3. The lowest BCUT2D eigenvalue weighted by molar-refractivity contribution is -0.0512. The fourth-order valence-corrected chi connectivity index (χ4v) is 3.77. The molecule has 1 aliphatic heterocycles. The molecule has 0 saturated carbocycles. The number of methoxy groups -OCH3 is 3. The molecule has 0 aliphatic carbocycles. The molecule has 0 bridgehead atoms. The second-order valence-corrected chi connectivity index (χ2v) is 7.09. The normalized spacial score (nSPS) is 15.0. The molecule has 3 aromatic carbocycles. The van der Waals surface area contributed by atoms with Crippen LogP contribution in [0.25, 0.3) is 0 Å². The number of ether oxygens (including phenoxy) is 4. The zero-order chi connectivity index (χ0) is 23.5. The molecule has 0 fully saturated rings. The molecule has 7 nitrogen and oxygen atoms in total. The van der Waals surface area contributed by atoms with Gasteiger partial charge in [-0.2, -0.15) is 8.78 Å². The van der Waals surface area contributed by atoms with Crippen molar-refractivity contribution >= 4 is 17.3 Å². The molecule has 0 radical (unpaired) electrons. The van der Waals surface area contributed by atoms with E-state index < -0.39 is 12.8 Å². The Kier molecular flexibility index (Phi) is 6.21. The van der Waals surface area contributed by atoms with E-state index in [-0.39, 0.29) is 17.4 Å². The number of anilines is 2. The molecule has 4 rings (SSSR count). The van der Waals surface area contributed by atoms with Gasteiger partial charge in [-0.3, -0.25) is 9.69 Å². The zero-order valence-electron chi connectivity index (χ0n) is 18.2. The van der Waals surface area contributed by atoms with Gasteiger partial charge in [0.05, 0.1) is 32.6 Å². The summed E-state index contributed by atoms with van der Waals surface area (Å²) in [6.07, 6.45) is -0.691. The number of carbonyl (C=O) groups excluding carboxylic acids is 1. The number of halogens is 2. The monoisotopic (exact) mass is 456 g/mol. The summed E-state index contributed by atoms with van der Waals surface area (Å²) in [6, 6.07) is 16.8. The molecular formula is C24H22F2N2O5. The van der Waals surface area contributed by atoms with E-state index in [2.05, 4.69) is 10.1 Å². The summed E-state index contributed by atoms with van der Waals surface area (Å²) in [6.45, 7) is -2.99. The highest BCUT2D eigenvalue weighted by Gasteiger charge is 2.36. The Bertz CT molecular complexity index is 1170. The number of alkyl halides is 2. The van der Waals surface area contributed by atoms with E-state index in [4.69, 9.17) is 14.2 Å². The van der Waals surface area contributed by atoms with Crippen LogP contribution in [0.5, 0.6) is 23.0 Å². The lowest BCUT2D eigenvalue weighted by Crippen LogP contribution is -2.43. The van der Waals surface area contributed by atoms with Gasteiger partial charge in [0.1, 0.15) is 17.7 Å². The van der Waals surface area contributed by atoms with Gasteiger partial charge in [-0.15, -0.1) is 0 Å². The molecule has 1 aliphatic rings. The maximum absolute atomic E-state index is 13.6. The van der Waals surface area contributed by atoms with E-state index in [9.17, 15) is 13.6 Å². The van der Waals surface area contributed by atoms with Gasteiger partial charge in [0.25, 0.3) is 5.91 Å². The Hall–Kier alpha value is -4.01. The summed E-state index contributed by atoms with van der Waals surface area (Å²) < 4.78 is 46.2. The first-order chi connectivity index (χ1) is 16.0. The summed E-state index contributed by atoms with van der Waals surface area (Å²) in [5.74, 6) is 0.748. The number of rotatable bonds is 7. The molecule has 172 valence electrons. The van der Waals surface area contributed by atoms with Crippen LogP contribution in [0.15, 0.2) is 60.7 Å². The molecule has 0 spiro atoms. The topological polar surface area (TPSA) is 69.3 Å². The highest BCUT2D eigenvalue weighted by atomic mass is 19.3. The Labute approximate surface area is 189 Å². The number of amides is 1. The van der Waals surface area contributed by atoms with Crippen LogP contribution in [-0.2, 0) is 0 Å². The predicted molar refractivity (Wildman–Crippen MR) is 119 cm³/mol. The second-order valence-electron chi connectivity index (χ2n) is 7.09. The first-order valence-corrected chi connectivity index (χ1v) is 10.0. The van der Waals surface area contributed by atoms with Crippen LogP contribution in [0.4, 0.5) is 20.2 Å². The number of fused-ring (bicyclic) bond motifs is 1. The van der Waals surface area contributed by atoms with E-state index in [0.29, 0.717) is 34.0 Å². The van der Waals surface area contributed by atoms with Crippen molar-refractivity contribution in [3.8, 4) is 23.0 Å². The van der Waals surface area contributed by atoms with Gasteiger partial charge in [-0.1, -0.05) is 18.2 Å². The molecule has 1 N–H and O–H groups in total. The van der Waals surface area contributed by atoms with Gasteiger partial charge in [-0.05, 0) is 42.0 Å². The SMILES string of the molecule is COc1ccc(N2C(=O)c3ccccc3NC2c2ccc(OC(F)F)c(OC)c2)c(OC)c1. The average molecular weight is 456 g/mol. The van der Waals surface area contributed by atoms with Crippen molar-refractivity contribution in [2.24, 2.45) is 0 Å². The van der Waals surface area contributed by atoms with E-state index in [0.717, 1.165) is 0 Å². The number of nitrogens with one attached hydrogen (secondary N) is 1. The smallest absolute Gasteiger partial charge is 0.387 e. The molecule has 9 heteroatoms. The zero-order valence-corrected chi connectivity index (χ0v) is 18.2. The summed E-state index contributed by atoms with van der Waals surface area (Å²) >= 11 is 0. The van der Waals surface area contributed by atoms with Gasteiger partial charge in [-0.25, -0.2) is 0 Å². The Balaban J connectivity index is 1.86. The molecule has 33 heavy (non-hydrogen) atoms. The first-order valence-electron chi connectivity index (χ1n) is 10.0. The summed E-state index contributed by atoms with van der Waals surface area (Å²) in [7, 11) is 4.40. The van der Waals surface area contributed by atoms with E-state index >= 15 is 0 Å². The van der Waals surface area contributed by atoms with Crippen LogP contribution >= 0.6 is 0 Å². The standard InChI is InChI=1S/C24H22F2N2O5/c1-30-15-9-10-18(20(13-15)31-2)28-22(27-17-7-5-4-6-16(17)23(28)29)14-8-11-19(33-24(25)26)21(12-14)32-3/h4-13,22,24,27H,1-3H3. The van der Waals surface area contributed by atoms with E-state index in [1.54, 1.807) is 53.4 Å². The Morgan fingerprint density at radius 1 is 0.879 bits per heavy atom. The van der Waals surface area contributed by atoms with Crippen molar-refractivity contribution in [1.82, 2.24) is 0 Å². The number of hydrogen-bond acceptors (Lipinski definition) is 6. The van der Waals surface area contributed by atoms with Gasteiger partial charge < -0.3 is 24.3 Å². The molecule has 1 heterocycles. The molecular weight excluding hydrogens is 434 g/mol. The maximum atomic E-state index is 13.6. The van der Waals surface area contributed by atoms with Crippen molar-refractivity contribution in [2.75, 3.05) is 31.5 Å². The van der Waals surface area contributed by atoms with Crippen molar-refractivity contribution < 1.29 is 32.5 Å². The third-order valence-electron chi connectivity index (χ3n) is 5.29. The summed E-state index contributed by atoms with van der Waals surface area (Å²) in [5, 5.41) is 3.36. The fourth-order valence-electron chi connectivity index (χ4n) is 3.77. The van der Waals surface area contributed by atoms with Crippen LogP contribution < -0.4 is 29.2 Å². The van der Waals surface area contributed by atoms with Crippen molar-refractivity contribution in [3.63, 3.8) is 0 Å².